The second-order valence-electron chi connectivity index (χ2n) is 6.88. The predicted octanol–water partition coefficient (Wildman–Crippen LogP) is 3.55. The number of carbonyl (C=O) groups excluding carboxylic acids is 1. The Bertz CT molecular complexity index is 540. The number of nitrogens with one attached hydrogen (secondary N) is 1. The zero-order chi connectivity index (χ0) is 15.0. The van der Waals surface area contributed by atoms with Crippen LogP contribution in [-0.2, 0) is 6.42 Å². The number of likely N-dealkylation sites (tertiary alicyclic amines) is 1. The lowest BCUT2D eigenvalue weighted by molar-refractivity contribution is 0.0454. The van der Waals surface area contributed by atoms with Crippen LogP contribution in [0.15, 0.2) is 18.2 Å². The normalized spacial score (nSPS) is 28.7. The van der Waals surface area contributed by atoms with E-state index in [1.54, 1.807) is 0 Å². The monoisotopic (exact) mass is 286 g/mol. The van der Waals surface area contributed by atoms with E-state index in [-0.39, 0.29) is 5.91 Å². The molecule has 3 nitrogen and oxygen atoms in total. The van der Waals surface area contributed by atoms with Crippen molar-refractivity contribution in [3.63, 3.8) is 0 Å². The molecule has 0 aliphatic carbocycles. The van der Waals surface area contributed by atoms with Crippen LogP contribution in [-0.4, -0.2) is 29.9 Å². The SMILES string of the molecule is CC1CC(C)C(C)N(C(=O)c2cccc3c2CCCN3)C1. The third-order valence-electron chi connectivity index (χ3n) is 5.18. The number of piperidine rings is 1. The van der Waals surface area contributed by atoms with Crippen LogP contribution in [0.3, 0.4) is 0 Å². The maximum Gasteiger partial charge on any atom is 0.254 e. The number of hydrogen-bond donors (Lipinski definition) is 1. The Kier molecular flexibility index (Phi) is 3.92. The molecule has 0 bridgehead atoms. The third kappa shape index (κ3) is 2.66. The fourth-order valence-electron chi connectivity index (χ4n) is 3.85. The highest BCUT2D eigenvalue weighted by Crippen LogP contribution is 2.31. The molecular formula is C18H26N2O. The Labute approximate surface area is 127 Å². The largest absolute Gasteiger partial charge is 0.385 e. The first-order valence-electron chi connectivity index (χ1n) is 8.24. The van der Waals surface area contributed by atoms with Gasteiger partial charge in [-0.3, -0.25) is 4.79 Å². The minimum absolute atomic E-state index is 0.224. The summed E-state index contributed by atoms with van der Waals surface area (Å²) in [6.45, 7) is 8.62. The minimum Gasteiger partial charge on any atom is -0.385 e. The zero-order valence-electron chi connectivity index (χ0n) is 13.4. The highest BCUT2D eigenvalue weighted by Gasteiger charge is 2.33. The van der Waals surface area contributed by atoms with Gasteiger partial charge in [-0.25, -0.2) is 0 Å². The van der Waals surface area contributed by atoms with E-state index in [1.807, 2.05) is 12.1 Å². The lowest BCUT2D eigenvalue weighted by atomic mass is 9.85. The second-order valence-corrected chi connectivity index (χ2v) is 6.88. The Balaban J connectivity index is 1.91. The number of hydrogen-bond acceptors (Lipinski definition) is 2. The van der Waals surface area contributed by atoms with Crippen LogP contribution in [0.2, 0.25) is 0 Å². The first-order valence-corrected chi connectivity index (χ1v) is 8.24. The topological polar surface area (TPSA) is 32.3 Å². The number of rotatable bonds is 1. The summed E-state index contributed by atoms with van der Waals surface area (Å²) in [5, 5.41) is 3.42. The van der Waals surface area contributed by atoms with E-state index in [1.165, 1.54) is 12.0 Å². The van der Waals surface area contributed by atoms with Crippen LogP contribution < -0.4 is 5.32 Å². The summed E-state index contributed by atoms with van der Waals surface area (Å²) in [5.41, 5.74) is 3.28. The lowest BCUT2D eigenvalue weighted by Gasteiger charge is -2.41. The smallest absolute Gasteiger partial charge is 0.254 e. The standard InChI is InChI=1S/C18H26N2O/c1-12-10-13(2)14(3)20(11-12)18(21)16-6-4-8-17-15(16)7-5-9-19-17/h4,6,8,12-14,19H,5,7,9-11H2,1-3H3. The zero-order valence-corrected chi connectivity index (χ0v) is 13.4. The molecule has 0 radical (unpaired) electrons. The van der Waals surface area contributed by atoms with Gasteiger partial charge in [0.1, 0.15) is 0 Å². The molecule has 1 aromatic rings. The summed E-state index contributed by atoms with van der Waals surface area (Å²) >= 11 is 0. The molecule has 2 aliphatic heterocycles. The molecule has 3 atom stereocenters. The number of benzene rings is 1. The molecule has 1 aromatic carbocycles. The van der Waals surface area contributed by atoms with Crippen molar-refractivity contribution in [1.29, 1.82) is 0 Å². The van der Waals surface area contributed by atoms with Crippen molar-refractivity contribution in [3.8, 4) is 0 Å². The molecule has 1 amide bonds. The molecule has 114 valence electrons. The maximum absolute atomic E-state index is 13.1. The molecule has 2 aliphatic rings. The molecule has 3 rings (SSSR count). The Hall–Kier alpha value is -1.51. The molecule has 0 saturated carbocycles. The van der Waals surface area contributed by atoms with Gasteiger partial charge in [0.15, 0.2) is 0 Å². The van der Waals surface area contributed by atoms with E-state index >= 15 is 0 Å². The van der Waals surface area contributed by atoms with Crippen molar-refractivity contribution in [3.05, 3.63) is 29.3 Å². The molecule has 2 heterocycles. The lowest BCUT2D eigenvalue weighted by Crippen LogP contribution is -2.49. The number of nitrogens with zero attached hydrogens (tertiary/aromatic N) is 1. The van der Waals surface area contributed by atoms with Gasteiger partial charge in [-0.15, -0.1) is 0 Å². The molecule has 0 aromatic heterocycles. The highest BCUT2D eigenvalue weighted by molar-refractivity contribution is 5.97. The van der Waals surface area contributed by atoms with Crippen LogP contribution in [0.4, 0.5) is 5.69 Å². The Morgan fingerprint density at radius 2 is 2.10 bits per heavy atom. The molecule has 0 spiro atoms. The van der Waals surface area contributed by atoms with E-state index < -0.39 is 0 Å². The van der Waals surface area contributed by atoms with Gasteiger partial charge in [0.25, 0.3) is 5.91 Å². The van der Waals surface area contributed by atoms with Gasteiger partial charge in [0.2, 0.25) is 0 Å². The van der Waals surface area contributed by atoms with Gasteiger partial charge in [-0.1, -0.05) is 19.9 Å². The van der Waals surface area contributed by atoms with Crippen LogP contribution in [0.25, 0.3) is 0 Å². The number of amides is 1. The summed E-state index contributed by atoms with van der Waals surface area (Å²) < 4.78 is 0. The molecule has 1 N–H and O–H groups in total. The van der Waals surface area contributed by atoms with Crippen molar-refractivity contribution < 1.29 is 4.79 Å². The number of anilines is 1. The van der Waals surface area contributed by atoms with Gasteiger partial charge >= 0.3 is 0 Å². The van der Waals surface area contributed by atoms with Gasteiger partial charge in [0.05, 0.1) is 0 Å². The molecule has 3 unspecified atom stereocenters. The summed E-state index contributed by atoms with van der Waals surface area (Å²) in [5.74, 6) is 1.40. The summed E-state index contributed by atoms with van der Waals surface area (Å²) in [6.07, 6.45) is 3.34. The van der Waals surface area contributed by atoms with Gasteiger partial charge in [-0.2, -0.15) is 0 Å². The fourth-order valence-corrected chi connectivity index (χ4v) is 3.85. The third-order valence-corrected chi connectivity index (χ3v) is 5.18. The summed E-state index contributed by atoms with van der Waals surface area (Å²) in [6, 6.07) is 6.44. The van der Waals surface area contributed by atoms with Gasteiger partial charge < -0.3 is 10.2 Å². The molecule has 3 heteroatoms. The van der Waals surface area contributed by atoms with Gasteiger partial charge in [0, 0.05) is 30.4 Å². The Morgan fingerprint density at radius 3 is 2.90 bits per heavy atom. The molecule has 1 fully saturated rings. The average molecular weight is 286 g/mol. The van der Waals surface area contributed by atoms with Crippen molar-refractivity contribution >= 4 is 11.6 Å². The first kappa shape index (κ1) is 14.4. The van der Waals surface area contributed by atoms with Crippen molar-refractivity contribution in [2.45, 2.75) is 46.1 Å². The fraction of sp³-hybridized carbons (Fsp3) is 0.611. The highest BCUT2D eigenvalue weighted by atomic mass is 16.2. The van der Waals surface area contributed by atoms with E-state index in [0.29, 0.717) is 17.9 Å². The van der Waals surface area contributed by atoms with E-state index in [0.717, 1.165) is 37.2 Å². The summed E-state index contributed by atoms with van der Waals surface area (Å²) in [7, 11) is 0. The number of fused-ring (bicyclic) bond motifs is 1. The summed E-state index contributed by atoms with van der Waals surface area (Å²) in [4.78, 5) is 15.2. The van der Waals surface area contributed by atoms with Crippen LogP contribution in [0.5, 0.6) is 0 Å². The molecule has 21 heavy (non-hydrogen) atoms. The molecule has 1 saturated heterocycles. The van der Waals surface area contributed by atoms with Crippen LogP contribution >= 0.6 is 0 Å². The van der Waals surface area contributed by atoms with Crippen molar-refractivity contribution in [2.75, 3.05) is 18.4 Å². The van der Waals surface area contributed by atoms with Crippen molar-refractivity contribution in [2.24, 2.45) is 11.8 Å². The van der Waals surface area contributed by atoms with E-state index in [2.05, 4.69) is 37.1 Å². The Morgan fingerprint density at radius 1 is 1.29 bits per heavy atom. The van der Waals surface area contributed by atoms with Crippen LogP contribution in [0.1, 0.15) is 49.5 Å². The number of carbonyl (C=O) groups is 1. The molecular weight excluding hydrogens is 260 g/mol. The van der Waals surface area contributed by atoms with E-state index in [4.69, 9.17) is 0 Å². The first-order chi connectivity index (χ1) is 10.1. The minimum atomic E-state index is 0.224. The predicted molar refractivity (Wildman–Crippen MR) is 86.7 cm³/mol. The van der Waals surface area contributed by atoms with Crippen molar-refractivity contribution in [1.82, 2.24) is 4.90 Å². The average Bonchev–Trinajstić information content (AvgIpc) is 2.49. The second kappa shape index (κ2) is 5.70. The quantitative estimate of drug-likeness (QED) is 0.856. The van der Waals surface area contributed by atoms with Crippen LogP contribution in [0, 0.1) is 11.8 Å². The van der Waals surface area contributed by atoms with Gasteiger partial charge in [-0.05, 0) is 55.7 Å². The van der Waals surface area contributed by atoms with E-state index in [9.17, 15) is 4.79 Å². The maximum atomic E-state index is 13.1.